The molecule has 2 fully saturated rings. The van der Waals surface area contributed by atoms with Crippen LogP contribution in [0.3, 0.4) is 0 Å². The maximum Gasteiger partial charge on any atom is 0.152 e. The number of benzene rings is 1. The van der Waals surface area contributed by atoms with Gasteiger partial charge in [0.05, 0.1) is 17.1 Å². The van der Waals surface area contributed by atoms with E-state index in [0.29, 0.717) is 17.8 Å². The SMILES string of the molecule is CC(C)S(=O)(=O)CC1CCC(CCc2ccc(OC3CCCCC3)cc2)CC1. The molecule has 0 heterocycles. The zero-order valence-electron chi connectivity index (χ0n) is 17.7. The smallest absolute Gasteiger partial charge is 0.152 e. The molecule has 0 atom stereocenters. The van der Waals surface area contributed by atoms with Gasteiger partial charge in [0.15, 0.2) is 9.84 Å². The Hall–Kier alpha value is -1.03. The first-order valence-corrected chi connectivity index (χ1v) is 13.1. The molecule has 0 bridgehead atoms. The third-order valence-electron chi connectivity index (χ3n) is 6.77. The topological polar surface area (TPSA) is 43.4 Å². The van der Waals surface area contributed by atoms with E-state index in [9.17, 15) is 8.42 Å². The van der Waals surface area contributed by atoms with Gasteiger partial charge in [0, 0.05) is 0 Å². The predicted molar refractivity (Wildman–Crippen MR) is 117 cm³/mol. The summed E-state index contributed by atoms with van der Waals surface area (Å²) in [6.07, 6.45) is 13.6. The number of rotatable bonds is 8. The molecular weight excluding hydrogens is 368 g/mol. The molecule has 2 aliphatic carbocycles. The first-order valence-electron chi connectivity index (χ1n) is 11.4. The number of ether oxygens (including phenoxy) is 1. The van der Waals surface area contributed by atoms with Gasteiger partial charge in [-0.25, -0.2) is 8.42 Å². The quantitative estimate of drug-likeness (QED) is 0.535. The highest BCUT2D eigenvalue weighted by Crippen LogP contribution is 2.33. The fourth-order valence-electron chi connectivity index (χ4n) is 4.69. The Morgan fingerprint density at radius 3 is 2.11 bits per heavy atom. The summed E-state index contributed by atoms with van der Waals surface area (Å²) in [6.45, 7) is 3.60. The fourth-order valence-corrected chi connectivity index (χ4v) is 6.06. The van der Waals surface area contributed by atoms with Crippen LogP contribution in [-0.4, -0.2) is 25.5 Å². The van der Waals surface area contributed by atoms with Crippen molar-refractivity contribution in [2.45, 2.75) is 95.8 Å². The molecule has 0 unspecified atom stereocenters. The van der Waals surface area contributed by atoms with Gasteiger partial charge >= 0.3 is 0 Å². The van der Waals surface area contributed by atoms with Crippen LogP contribution in [0.4, 0.5) is 0 Å². The number of hydrogen-bond acceptors (Lipinski definition) is 3. The van der Waals surface area contributed by atoms with Gasteiger partial charge in [0.1, 0.15) is 5.75 Å². The standard InChI is InChI=1S/C24H38O3S/c1-19(2)28(25,26)18-22-12-10-20(11-13-22)8-9-21-14-16-24(17-15-21)27-23-6-4-3-5-7-23/h14-17,19-20,22-23H,3-13,18H2,1-2H3. The van der Waals surface area contributed by atoms with Crippen LogP contribution in [0, 0.1) is 11.8 Å². The largest absolute Gasteiger partial charge is 0.490 e. The van der Waals surface area contributed by atoms with Crippen molar-refractivity contribution < 1.29 is 13.2 Å². The highest BCUT2D eigenvalue weighted by molar-refractivity contribution is 7.91. The van der Waals surface area contributed by atoms with Crippen LogP contribution in [0.1, 0.15) is 83.6 Å². The molecule has 1 aromatic rings. The summed E-state index contributed by atoms with van der Waals surface area (Å²) in [6, 6.07) is 8.72. The molecular formula is C24H38O3S. The minimum Gasteiger partial charge on any atom is -0.490 e. The maximum absolute atomic E-state index is 12.1. The van der Waals surface area contributed by atoms with Crippen molar-refractivity contribution in [3.63, 3.8) is 0 Å². The minimum absolute atomic E-state index is 0.240. The molecule has 28 heavy (non-hydrogen) atoms. The second-order valence-electron chi connectivity index (χ2n) is 9.33. The van der Waals surface area contributed by atoms with Crippen molar-refractivity contribution in [3.8, 4) is 5.75 Å². The predicted octanol–water partition coefficient (Wildman–Crippen LogP) is 5.96. The van der Waals surface area contributed by atoms with Crippen LogP contribution in [-0.2, 0) is 16.3 Å². The molecule has 0 aromatic heterocycles. The summed E-state index contributed by atoms with van der Waals surface area (Å²) < 4.78 is 30.4. The lowest BCUT2D eigenvalue weighted by atomic mass is 9.80. The van der Waals surface area contributed by atoms with Crippen LogP contribution >= 0.6 is 0 Å². The van der Waals surface area contributed by atoms with Crippen molar-refractivity contribution in [2.24, 2.45) is 11.8 Å². The first-order chi connectivity index (χ1) is 13.4. The Labute approximate surface area is 172 Å². The van der Waals surface area contributed by atoms with Gasteiger partial charge in [-0.15, -0.1) is 0 Å². The van der Waals surface area contributed by atoms with Crippen LogP contribution in [0.15, 0.2) is 24.3 Å². The molecule has 4 heteroatoms. The molecule has 0 aliphatic heterocycles. The van der Waals surface area contributed by atoms with E-state index in [4.69, 9.17) is 4.74 Å². The zero-order chi connectivity index (χ0) is 20.0. The van der Waals surface area contributed by atoms with Crippen molar-refractivity contribution in [1.82, 2.24) is 0 Å². The second kappa shape index (κ2) is 10.1. The van der Waals surface area contributed by atoms with Crippen LogP contribution in [0.2, 0.25) is 0 Å². The normalized spacial score (nSPS) is 24.4. The maximum atomic E-state index is 12.1. The van der Waals surface area contributed by atoms with E-state index in [1.807, 2.05) is 0 Å². The Morgan fingerprint density at radius 1 is 0.893 bits per heavy atom. The van der Waals surface area contributed by atoms with Gasteiger partial charge in [-0.2, -0.15) is 0 Å². The Morgan fingerprint density at radius 2 is 1.50 bits per heavy atom. The average molecular weight is 407 g/mol. The second-order valence-corrected chi connectivity index (χ2v) is 11.9. The summed E-state index contributed by atoms with van der Waals surface area (Å²) in [5.41, 5.74) is 1.39. The van der Waals surface area contributed by atoms with Gasteiger partial charge in [-0.3, -0.25) is 0 Å². The minimum atomic E-state index is -2.90. The molecule has 158 valence electrons. The number of aryl methyl sites for hydroxylation is 1. The molecule has 0 radical (unpaired) electrons. The van der Waals surface area contributed by atoms with E-state index in [1.165, 1.54) is 56.9 Å². The van der Waals surface area contributed by atoms with Gasteiger partial charge in [0.2, 0.25) is 0 Å². The zero-order valence-corrected chi connectivity index (χ0v) is 18.6. The molecule has 2 aliphatic rings. The summed E-state index contributed by atoms with van der Waals surface area (Å²) in [4.78, 5) is 0. The van der Waals surface area contributed by atoms with E-state index in [2.05, 4.69) is 24.3 Å². The van der Waals surface area contributed by atoms with Gasteiger partial charge in [0.25, 0.3) is 0 Å². The summed E-state index contributed by atoms with van der Waals surface area (Å²) in [7, 11) is -2.90. The Bertz CT molecular complexity index is 679. The van der Waals surface area contributed by atoms with Gasteiger partial charge in [-0.05, 0) is 94.7 Å². The summed E-state index contributed by atoms with van der Waals surface area (Å²) in [5, 5.41) is -0.240. The lowest BCUT2D eigenvalue weighted by Crippen LogP contribution is -2.26. The van der Waals surface area contributed by atoms with Crippen LogP contribution in [0.5, 0.6) is 5.75 Å². The van der Waals surface area contributed by atoms with Crippen LogP contribution in [0.25, 0.3) is 0 Å². The van der Waals surface area contributed by atoms with Crippen molar-refractivity contribution in [1.29, 1.82) is 0 Å². The molecule has 2 saturated carbocycles. The Kier molecular flexibility index (Phi) is 7.85. The van der Waals surface area contributed by atoms with Crippen molar-refractivity contribution >= 4 is 9.84 Å². The summed E-state index contributed by atoms with van der Waals surface area (Å²) >= 11 is 0. The monoisotopic (exact) mass is 406 g/mol. The molecule has 1 aromatic carbocycles. The highest BCUT2D eigenvalue weighted by Gasteiger charge is 2.27. The summed E-state index contributed by atoms with van der Waals surface area (Å²) in [5.74, 6) is 2.53. The number of hydrogen-bond donors (Lipinski definition) is 0. The first kappa shape index (κ1) is 21.7. The molecule has 0 N–H and O–H groups in total. The Balaban J connectivity index is 1.38. The third-order valence-corrected chi connectivity index (χ3v) is 9.14. The van der Waals surface area contributed by atoms with E-state index < -0.39 is 9.84 Å². The van der Waals surface area contributed by atoms with Gasteiger partial charge < -0.3 is 4.74 Å². The van der Waals surface area contributed by atoms with Gasteiger partial charge in [-0.1, -0.05) is 31.4 Å². The van der Waals surface area contributed by atoms with E-state index in [1.54, 1.807) is 13.8 Å². The molecule has 0 amide bonds. The van der Waals surface area contributed by atoms with Crippen LogP contribution < -0.4 is 4.74 Å². The molecule has 0 saturated heterocycles. The molecule has 3 nitrogen and oxygen atoms in total. The lowest BCUT2D eigenvalue weighted by molar-refractivity contribution is 0.155. The van der Waals surface area contributed by atoms with E-state index in [0.717, 1.165) is 30.9 Å². The van der Waals surface area contributed by atoms with Crippen molar-refractivity contribution in [2.75, 3.05) is 5.75 Å². The third kappa shape index (κ3) is 6.50. The average Bonchev–Trinajstić information content (AvgIpc) is 2.69. The van der Waals surface area contributed by atoms with E-state index >= 15 is 0 Å². The molecule has 3 rings (SSSR count). The highest BCUT2D eigenvalue weighted by atomic mass is 32.2. The van der Waals surface area contributed by atoms with E-state index in [-0.39, 0.29) is 5.25 Å². The lowest BCUT2D eigenvalue weighted by Gasteiger charge is -2.29. The number of sulfone groups is 1. The molecule has 0 spiro atoms. The fraction of sp³-hybridized carbons (Fsp3) is 0.750. The van der Waals surface area contributed by atoms with Crippen molar-refractivity contribution in [3.05, 3.63) is 29.8 Å².